The Morgan fingerprint density at radius 1 is 1.33 bits per heavy atom. The molecule has 0 unspecified atom stereocenters. The predicted molar refractivity (Wildman–Crippen MR) is 45.6 cm³/mol. The molecule has 2 nitrogen and oxygen atoms in total. The van der Waals surface area contributed by atoms with E-state index in [0.717, 1.165) is 0 Å². The minimum atomic E-state index is -0.217. The topological polar surface area (TPSA) is 18.5 Å². The maximum Gasteiger partial charge on any atom is 0.152 e. The minimum absolute atomic E-state index is 0.217. The molecule has 2 rings (SSSR count). The molecule has 0 spiro atoms. The van der Waals surface area contributed by atoms with Crippen LogP contribution in [-0.2, 0) is 15.4 Å². The van der Waals surface area contributed by atoms with E-state index in [1.54, 1.807) is 0 Å². The second-order valence-electron chi connectivity index (χ2n) is 3.39. The Bertz CT molecular complexity index is 290. The molecule has 1 aromatic rings. The first kappa shape index (κ1) is 7.77. The Hall–Kier alpha value is -0.860. The van der Waals surface area contributed by atoms with Gasteiger partial charge in [-0.05, 0) is 25.0 Å². The molecule has 1 fully saturated rings. The molecule has 1 atom stereocenters. The van der Waals surface area contributed by atoms with Crippen molar-refractivity contribution in [3.63, 3.8) is 0 Å². The van der Waals surface area contributed by atoms with Gasteiger partial charge < -0.3 is 0 Å². The molecule has 0 aromatic heterocycles. The number of hydrogen-bond acceptors (Lipinski definition) is 2. The minimum Gasteiger partial charge on any atom is -0.232 e. The van der Waals surface area contributed by atoms with Gasteiger partial charge in [-0.15, -0.1) is 0 Å². The summed E-state index contributed by atoms with van der Waals surface area (Å²) in [5.74, 6) is 0. The van der Waals surface area contributed by atoms with Crippen LogP contribution in [0.3, 0.4) is 0 Å². The summed E-state index contributed by atoms with van der Waals surface area (Å²) >= 11 is 0. The summed E-state index contributed by atoms with van der Waals surface area (Å²) in [4.78, 5) is 9.83. The quantitative estimate of drug-likeness (QED) is 0.592. The van der Waals surface area contributed by atoms with Gasteiger partial charge in [0.15, 0.2) is 5.60 Å². The molecule has 64 valence electrons. The normalized spacial score (nSPS) is 28.2. The van der Waals surface area contributed by atoms with E-state index in [2.05, 4.69) is 19.1 Å². The van der Waals surface area contributed by atoms with Crippen LogP contribution in [0.1, 0.15) is 18.1 Å². The highest BCUT2D eigenvalue weighted by molar-refractivity contribution is 5.31. The molecular formula is C10H12O2. The molecule has 2 heteroatoms. The highest BCUT2D eigenvalue weighted by atomic mass is 17.2. The number of aryl methyl sites for hydroxylation is 1. The Labute approximate surface area is 72.0 Å². The van der Waals surface area contributed by atoms with E-state index in [-0.39, 0.29) is 5.60 Å². The van der Waals surface area contributed by atoms with Crippen LogP contribution in [0.4, 0.5) is 0 Å². The molecule has 0 radical (unpaired) electrons. The van der Waals surface area contributed by atoms with Crippen LogP contribution < -0.4 is 0 Å². The SMILES string of the molecule is Cc1ccccc1[C@]1(C)COO1. The monoisotopic (exact) mass is 164 g/mol. The fourth-order valence-electron chi connectivity index (χ4n) is 1.52. The molecule has 1 saturated heterocycles. The number of rotatable bonds is 1. The van der Waals surface area contributed by atoms with Gasteiger partial charge >= 0.3 is 0 Å². The van der Waals surface area contributed by atoms with Crippen LogP contribution in [0.25, 0.3) is 0 Å². The average molecular weight is 164 g/mol. The number of hydrogen-bond donors (Lipinski definition) is 0. The maximum atomic E-state index is 5.09. The van der Waals surface area contributed by atoms with Crippen LogP contribution >= 0.6 is 0 Å². The van der Waals surface area contributed by atoms with Gasteiger partial charge in [-0.3, -0.25) is 0 Å². The first-order valence-corrected chi connectivity index (χ1v) is 4.09. The summed E-state index contributed by atoms with van der Waals surface area (Å²) in [5, 5.41) is 0. The van der Waals surface area contributed by atoms with Gasteiger partial charge in [-0.25, -0.2) is 9.78 Å². The van der Waals surface area contributed by atoms with Crippen molar-refractivity contribution in [3.8, 4) is 0 Å². The Balaban J connectivity index is 2.39. The van der Waals surface area contributed by atoms with Crippen molar-refractivity contribution in [1.29, 1.82) is 0 Å². The Morgan fingerprint density at radius 3 is 2.50 bits per heavy atom. The van der Waals surface area contributed by atoms with E-state index in [4.69, 9.17) is 9.78 Å². The zero-order valence-corrected chi connectivity index (χ0v) is 7.33. The smallest absolute Gasteiger partial charge is 0.152 e. The first-order valence-electron chi connectivity index (χ1n) is 4.09. The second kappa shape index (κ2) is 2.57. The third kappa shape index (κ3) is 1.04. The lowest BCUT2D eigenvalue weighted by Crippen LogP contribution is -2.42. The van der Waals surface area contributed by atoms with E-state index < -0.39 is 0 Å². The summed E-state index contributed by atoms with van der Waals surface area (Å²) < 4.78 is 0. The largest absolute Gasteiger partial charge is 0.232 e. The molecule has 1 heterocycles. The molecule has 1 aliphatic heterocycles. The van der Waals surface area contributed by atoms with Crippen LogP contribution in [0.2, 0.25) is 0 Å². The van der Waals surface area contributed by atoms with Gasteiger partial charge in [0, 0.05) is 0 Å². The summed E-state index contributed by atoms with van der Waals surface area (Å²) in [7, 11) is 0. The van der Waals surface area contributed by atoms with E-state index in [1.807, 2.05) is 19.1 Å². The van der Waals surface area contributed by atoms with Gasteiger partial charge in [0.05, 0.1) is 0 Å². The van der Waals surface area contributed by atoms with Gasteiger partial charge in [0.25, 0.3) is 0 Å². The van der Waals surface area contributed by atoms with E-state index in [0.29, 0.717) is 6.61 Å². The van der Waals surface area contributed by atoms with E-state index in [1.165, 1.54) is 11.1 Å². The molecule has 0 saturated carbocycles. The van der Waals surface area contributed by atoms with Crippen molar-refractivity contribution in [2.75, 3.05) is 6.61 Å². The van der Waals surface area contributed by atoms with Gasteiger partial charge in [0.1, 0.15) is 6.61 Å². The lowest BCUT2D eigenvalue weighted by molar-refractivity contribution is -0.474. The maximum absolute atomic E-state index is 5.09. The van der Waals surface area contributed by atoms with Crippen molar-refractivity contribution in [2.24, 2.45) is 0 Å². The van der Waals surface area contributed by atoms with Crippen molar-refractivity contribution in [3.05, 3.63) is 35.4 Å². The Morgan fingerprint density at radius 2 is 2.00 bits per heavy atom. The highest BCUT2D eigenvalue weighted by Gasteiger charge is 2.38. The first-order chi connectivity index (χ1) is 5.72. The zero-order valence-electron chi connectivity index (χ0n) is 7.33. The van der Waals surface area contributed by atoms with Gasteiger partial charge in [0.2, 0.25) is 0 Å². The van der Waals surface area contributed by atoms with Gasteiger partial charge in [-0.1, -0.05) is 24.3 Å². The summed E-state index contributed by atoms with van der Waals surface area (Å²) in [5.41, 5.74) is 2.25. The molecule has 1 aromatic carbocycles. The fraction of sp³-hybridized carbons (Fsp3) is 0.400. The molecule has 12 heavy (non-hydrogen) atoms. The highest BCUT2D eigenvalue weighted by Crippen LogP contribution is 2.34. The van der Waals surface area contributed by atoms with Crippen molar-refractivity contribution >= 4 is 0 Å². The summed E-state index contributed by atoms with van der Waals surface area (Å²) in [6, 6.07) is 8.22. The standard InChI is InChI=1S/C10H12O2/c1-8-5-3-4-6-9(8)10(2)7-11-12-10/h3-6H,7H2,1-2H3/t10-/m0/s1. The van der Waals surface area contributed by atoms with Crippen LogP contribution in [-0.4, -0.2) is 6.61 Å². The summed E-state index contributed by atoms with van der Waals surface area (Å²) in [6.45, 7) is 4.78. The van der Waals surface area contributed by atoms with Crippen LogP contribution in [0.5, 0.6) is 0 Å². The average Bonchev–Trinajstić information content (AvgIpc) is 2.01. The van der Waals surface area contributed by atoms with E-state index in [9.17, 15) is 0 Å². The predicted octanol–water partition coefficient (Wildman–Crippen LogP) is 2.17. The third-order valence-corrected chi connectivity index (χ3v) is 2.29. The molecular weight excluding hydrogens is 152 g/mol. The van der Waals surface area contributed by atoms with Crippen molar-refractivity contribution < 1.29 is 9.78 Å². The molecule has 1 aliphatic rings. The second-order valence-corrected chi connectivity index (χ2v) is 3.39. The lowest BCUT2D eigenvalue weighted by atomic mass is 9.92. The van der Waals surface area contributed by atoms with Gasteiger partial charge in [-0.2, -0.15) is 0 Å². The summed E-state index contributed by atoms with van der Waals surface area (Å²) in [6.07, 6.45) is 0. The fourth-order valence-corrected chi connectivity index (χ4v) is 1.52. The number of benzene rings is 1. The van der Waals surface area contributed by atoms with Crippen molar-refractivity contribution in [2.45, 2.75) is 19.4 Å². The molecule has 0 N–H and O–H groups in total. The van der Waals surface area contributed by atoms with Crippen LogP contribution in [0, 0.1) is 6.92 Å². The lowest BCUT2D eigenvalue weighted by Gasteiger charge is -2.37. The molecule has 0 amide bonds. The van der Waals surface area contributed by atoms with Crippen LogP contribution in [0.15, 0.2) is 24.3 Å². The Kier molecular flexibility index (Phi) is 1.67. The molecule has 0 aliphatic carbocycles. The van der Waals surface area contributed by atoms with E-state index >= 15 is 0 Å². The zero-order chi connectivity index (χ0) is 8.60. The molecule has 0 bridgehead atoms. The van der Waals surface area contributed by atoms with Crippen molar-refractivity contribution in [1.82, 2.24) is 0 Å². The third-order valence-electron chi connectivity index (χ3n) is 2.29.